The van der Waals surface area contributed by atoms with E-state index in [-0.39, 0.29) is 16.8 Å². The first kappa shape index (κ1) is 14.4. The fourth-order valence-corrected chi connectivity index (χ4v) is 3.65. The zero-order chi connectivity index (χ0) is 13.7. The first-order valence-electron chi connectivity index (χ1n) is 6.75. The van der Waals surface area contributed by atoms with Crippen LogP contribution >= 0.6 is 11.8 Å². The van der Waals surface area contributed by atoms with Gasteiger partial charge in [0.05, 0.1) is 17.4 Å². The molecule has 1 aliphatic rings. The molecular weight excluding hydrogens is 258 g/mol. The summed E-state index contributed by atoms with van der Waals surface area (Å²) in [6.07, 6.45) is 0.718. The quantitative estimate of drug-likeness (QED) is 0.840. The van der Waals surface area contributed by atoms with E-state index in [1.54, 1.807) is 0 Å². The van der Waals surface area contributed by atoms with Crippen LogP contribution in [0.25, 0.3) is 0 Å². The van der Waals surface area contributed by atoms with Crippen molar-refractivity contribution < 1.29 is 9.53 Å². The number of nitrogens with one attached hydrogen (secondary N) is 1. The molecule has 1 fully saturated rings. The van der Waals surface area contributed by atoms with Crippen molar-refractivity contribution in [3.8, 4) is 0 Å². The monoisotopic (exact) mass is 279 g/mol. The summed E-state index contributed by atoms with van der Waals surface area (Å²) >= 11 is 1.81. The highest BCUT2D eigenvalue weighted by Crippen LogP contribution is 2.36. The highest BCUT2D eigenvalue weighted by Gasteiger charge is 2.42. The van der Waals surface area contributed by atoms with Gasteiger partial charge >= 0.3 is 5.97 Å². The fourth-order valence-electron chi connectivity index (χ4n) is 2.43. The van der Waals surface area contributed by atoms with E-state index in [1.807, 2.05) is 36.9 Å². The normalized spacial score (nSPS) is 24.1. The lowest BCUT2D eigenvalue weighted by Crippen LogP contribution is -2.47. The molecule has 0 aromatic heterocycles. The van der Waals surface area contributed by atoms with Crippen molar-refractivity contribution in [3.05, 3.63) is 35.9 Å². The van der Waals surface area contributed by atoms with Gasteiger partial charge in [-0.25, -0.2) is 0 Å². The summed E-state index contributed by atoms with van der Waals surface area (Å²) in [7, 11) is 0. The van der Waals surface area contributed by atoms with Crippen LogP contribution in [0, 0.1) is 5.92 Å². The molecule has 1 N–H and O–H groups in total. The Labute approximate surface area is 119 Å². The molecule has 1 saturated heterocycles. The van der Waals surface area contributed by atoms with Crippen LogP contribution in [0.2, 0.25) is 0 Å². The molecule has 2 atom stereocenters. The molecule has 3 nitrogen and oxygen atoms in total. The van der Waals surface area contributed by atoms with E-state index in [2.05, 4.69) is 24.4 Å². The Morgan fingerprint density at radius 2 is 2.21 bits per heavy atom. The third-order valence-corrected chi connectivity index (χ3v) is 4.94. The Kier molecular flexibility index (Phi) is 4.88. The second-order valence-corrected chi connectivity index (χ2v) is 6.42. The Bertz CT molecular complexity index is 415. The number of hydrogen-bond donors (Lipinski definition) is 1. The molecule has 19 heavy (non-hydrogen) atoms. The molecule has 0 amide bonds. The first-order valence-corrected chi connectivity index (χ1v) is 7.74. The molecule has 0 unspecified atom stereocenters. The summed E-state index contributed by atoms with van der Waals surface area (Å²) in [5.74, 6) is 0.791. The van der Waals surface area contributed by atoms with Crippen molar-refractivity contribution in [3.63, 3.8) is 0 Å². The Balaban J connectivity index is 2.17. The van der Waals surface area contributed by atoms with Crippen molar-refractivity contribution in [1.82, 2.24) is 5.32 Å². The summed E-state index contributed by atoms with van der Waals surface area (Å²) in [6.45, 7) is 5.35. The molecule has 0 bridgehead atoms. The summed E-state index contributed by atoms with van der Waals surface area (Å²) < 4.78 is 5.26. The van der Waals surface area contributed by atoms with Gasteiger partial charge in [0, 0.05) is 12.3 Å². The first-order chi connectivity index (χ1) is 9.15. The number of carbonyl (C=O) groups is 1. The number of carbonyl (C=O) groups excluding carboxylic acids is 1. The van der Waals surface area contributed by atoms with Crippen molar-refractivity contribution in [2.45, 2.75) is 25.1 Å². The highest BCUT2D eigenvalue weighted by molar-refractivity contribution is 8.00. The minimum Gasteiger partial charge on any atom is -0.466 e. The fraction of sp³-hybridized carbons (Fsp3) is 0.533. The zero-order valence-corrected chi connectivity index (χ0v) is 12.3. The van der Waals surface area contributed by atoms with Crippen LogP contribution in [0.1, 0.15) is 19.4 Å². The van der Waals surface area contributed by atoms with Crippen LogP contribution in [0.4, 0.5) is 0 Å². The molecular formula is C15H21NO2S. The van der Waals surface area contributed by atoms with Gasteiger partial charge in [-0.2, -0.15) is 0 Å². The summed E-state index contributed by atoms with van der Waals surface area (Å²) in [4.78, 5) is 12.0. The maximum atomic E-state index is 12.3. The molecule has 1 aromatic carbocycles. The molecule has 1 aromatic rings. The second-order valence-electron chi connectivity index (χ2n) is 4.88. The molecule has 1 heterocycles. The van der Waals surface area contributed by atoms with Gasteiger partial charge in [-0.1, -0.05) is 30.3 Å². The van der Waals surface area contributed by atoms with Crippen LogP contribution < -0.4 is 5.32 Å². The van der Waals surface area contributed by atoms with E-state index < -0.39 is 0 Å². The van der Waals surface area contributed by atoms with Crippen LogP contribution in [-0.4, -0.2) is 29.7 Å². The molecule has 0 aliphatic carbocycles. The Hall–Kier alpha value is -1.00. The van der Waals surface area contributed by atoms with Crippen LogP contribution in [0.15, 0.2) is 30.3 Å². The van der Waals surface area contributed by atoms with Gasteiger partial charge in [-0.3, -0.25) is 4.79 Å². The van der Waals surface area contributed by atoms with E-state index in [4.69, 9.17) is 4.74 Å². The number of ether oxygens (including phenoxy) is 1. The summed E-state index contributed by atoms with van der Waals surface area (Å²) in [5.41, 5.74) is 1.18. The predicted octanol–water partition coefficient (Wildman–Crippen LogP) is 2.46. The largest absolute Gasteiger partial charge is 0.466 e. The summed E-state index contributed by atoms with van der Waals surface area (Å²) in [6, 6.07) is 10.1. The number of hydrogen-bond acceptors (Lipinski definition) is 4. The number of esters is 1. The average molecular weight is 279 g/mol. The predicted molar refractivity (Wildman–Crippen MR) is 79.1 cm³/mol. The van der Waals surface area contributed by atoms with E-state index in [0.29, 0.717) is 6.61 Å². The smallest absolute Gasteiger partial charge is 0.312 e. The standard InChI is InChI=1S/C15H21NO2S/c1-3-18-14(17)13(15(2)16-9-10-19-15)11-12-7-5-4-6-8-12/h4-8,13,16H,3,9-11H2,1-2H3/t13-,15-/m0/s1. The van der Waals surface area contributed by atoms with E-state index >= 15 is 0 Å². The zero-order valence-electron chi connectivity index (χ0n) is 11.5. The number of rotatable bonds is 5. The number of benzene rings is 1. The van der Waals surface area contributed by atoms with Crippen molar-refractivity contribution >= 4 is 17.7 Å². The summed E-state index contributed by atoms with van der Waals surface area (Å²) in [5, 5.41) is 3.45. The van der Waals surface area contributed by atoms with E-state index in [0.717, 1.165) is 18.7 Å². The van der Waals surface area contributed by atoms with Crippen molar-refractivity contribution in [2.75, 3.05) is 18.9 Å². The Morgan fingerprint density at radius 1 is 1.47 bits per heavy atom. The van der Waals surface area contributed by atoms with Gasteiger partial charge in [0.1, 0.15) is 0 Å². The second kappa shape index (κ2) is 6.44. The molecule has 2 rings (SSSR count). The lowest BCUT2D eigenvalue weighted by Gasteiger charge is -2.32. The average Bonchev–Trinajstić information content (AvgIpc) is 2.85. The van der Waals surface area contributed by atoms with Gasteiger partial charge < -0.3 is 10.1 Å². The van der Waals surface area contributed by atoms with Gasteiger partial charge in [0.25, 0.3) is 0 Å². The topological polar surface area (TPSA) is 38.3 Å². The maximum absolute atomic E-state index is 12.3. The maximum Gasteiger partial charge on any atom is 0.312 e. The molecule has 0 spiro atoms. The van der Waals surface area contributed by atoms with Crippen LogP contribution in [0.5, 0.6) is 0 Å². The van der Waals surface area contributed by atoms with Crippen LogP contribution in [-0.2, 0) is 16.0 Å². The van der Waals surface area contributed by atoms with E-state index in [1.165, 1.54) is 5.56 Å². The van der Waals surface area contributed by atoms with Gasteiger partial charge in [0.15, 0.2) is 0 Å². The highest BCUT2D eigenvalue weighted by atomic mass is 32.2. The molecule has 4 heteroatoms. The lowest BCUT2D eigenvalue weighted by molar-refractivity contribution is -0.149. The van der Waals surface area contributed by atoms with Crippen LogP contribution in [0.3, 0.4) is 0 Å². The number of thioether (sulfide) groups is 1. The Morgan fingerprint density at radius 3 is 2.79 bits per heavy atom. The third kappa shape index (κ3) is 3.51. The molecule has 1 aliphatic heterocycles. The van der Waals surface area contributed by atoms with E-state index in [9.17, 15) is 4.79 Å². The van der Waals surface area contributed by atoms with Gasteiger partial charge in [-0.05, 0) is 25.8 Å². The molecule has 104 valence electrons. The van der Waals surface area contributed by atoms with Gasteiger partial charge in [-0.15, -0.1) is 11.8 Å². The SMILES string of the molecule is CCOC(=O)[C@H](Cc1ccccc1)[C@@]1(C)NCCS1. The molecule has 0 radical (unpaired) electrons. The lowest BCUT2D eigenvalue weighted by atomic mass is 9.92. The third-order valence-electron chi connectivity index (χ3n) is 3.50. The van der Waals surface area contributed by atoms with Crippen molar-refractivity contribution in [1.29, 1.82) is 0 Å². The van der Waals surface area contributed by atoms with Crippen molar-refractivity contribution in [2.24, 2.45) is 5.92 Å². The minimum absolute atomic E-state index is 0.101. The minimum atomic E-state index is -0.220. The molecule has 0 saturated carbocycles. The van der Waals surface area contributed by atoms with Gasteiger partial charge in [0.2, 0.25) is 0 Å².